The summed E-state index contributed by atoms with van der Waals surface area (Å²) in [5, 5.41) is 2.16. The van der Waals surface area contributed by atoms with Gasteiger partial charge in [-0.1, -0.05) is 182 Å². The molecule has 2 heterocycles. The number of nitrogens with zero attached hydrogens (tertiary/aromatic N) is 2. The van der Waals surface area contributed by atoms with Crippen molar-refractivity contribution in [3.63, 3.8) is 0 Å². The molecule has 0 N–H and O–H groups in total. The fraction of sp³-hybridized carbons (Fsp3) is 0.0169. The maximum atomic E-state index is 6.23. The van der Waals surface area contributed by atoms with Gasteiger partial charge in [0.15, 0.2) is 5.82 Å². The topological polar surface area (TPSA) is 38.9 Å². The van der Waals surface area contributed by atoms with Crippen LogP contribution in [-0.4, -0.2) is 9.97 Å². The summed E-state index contributed by atoms with van der Waals surface area (Å²) >= 11 is 0. The maximum Gasteiger partial charge on any atom is 0.160 e. The Morgan fingerprint density at radius 2 is 0.758 bits per heavy atom. The van der Waals surface area contributed by atoms with Gasteiger partial charge in [0.1, 0.15) is 11.2 Å². The molecule has 2 aliphatic rings. The molecule has 0 aliphatic heterocycles. The number of hydrogen-bond acceptors (Lipinski definition) is 3. The van der Waals surface area contributed by atoms with Gasteiger partial charge in [0.2, 0.25) is 0 Å². The summed E-state index contributed by atoms with van der Waals surface area (Å²) in [6.45, 7) is 0. The third kappa shape index (κ3) is 5.06. The highest BCUT2D eigenvalue weighted by atomic mass is 16.3. The van der Waals surface area contributed by atoms with Gasteiger partial charge in [0, 0.05) is 27.5 Å². The first kappa shape index (κ1) is 34.7. The molecule has 3 heteroatoms. The van der Waals surface area contributed by atoms with Gasteiger partial charge in [-0.05, 0) is 103 Å². The van der Waals surface area contributed by atoms with Gasteiger partial charge in [-0.3, -0.25) is 0 Å². The van der Waals surface area contributed by atoms with Gasteiger partial charge in [-0.2, -0.15) is 0 Å². The Labute approximate surface area is 359 Å². The number of benzene rings is 9. The van der Waals surface area contributed by atoms with E-state index >= 15 is 0 Å². The second-order valence-electron chi connectivity index (χ2n) is 16.4. The molecular formula is C59H36N2O. The second kappa shape index (κ2) is 13.4. The van der Waals surface area contributed by atoms with Gasteiger partial charge in [-0.25, -0.2) is 9.97 Å². The molecule has 0 fully saturated rings. The Hall–Kier alpha value is -8.14. The van der Waals surface area contributed by atoms with E-state index < -0.39 is 5.41 Å². The quantitative estimate of drug-likeness (QED) is 0.178. The first-order chi connectivity index (χ1) is 30.7. The average molecular weight is 789 g/mol. The van der Waals surface area contributed by atoms with Crippen molar-refractivity contribution in [1.82, 2.24) is 9.97 Å². The van der Waals surface area contributed by atoms with E-state index in [1.807, 2.05) is 12.1 Å². The summed E-state index contributed by atoms with van der Waals surface area (Å²) in [5.41, 5.74) is 20.8. The maximum absolute atomic E-state index is 6.23. The highest BCUT2D eigenvalue weighted by Gasteiger charge is 2.49. The van der Waals surface area contributed by atoms with Crippen molar-refractivity contribution < 1.29 is 4.42 Å². The number of para-hydroxylation sites is 1. The number of furan rings is 1. The summed E-state index contributed by atoms with van der Waals surface area (Å²) in [7, 11) is 0. The summed E-state index contributed by atoms with van der Waals surface area (Å²) in [5.74, 6) is 0.678. The number of aromatic nitrogens is 2. The predicted molar refractivity (Wildman–Crippen MR) is 253 cm³/mol. The zero-order valence-corrected chi connectivity index (χ0v) is 33.6. The van der Waals surface area contributed by atoms with Crippen molar-refractivity contribution in [2.24, 2.45) is 0 Å². The van der Waals surface area contributed by atoms with Crippen LogP contribution in [0.15, 0.2) is 223 Å². The van der Waals surface area contributed by atoms with Gasteiger partial charge in [0.25, 0.3) is 0 Å². The van der Waals surface area contributed by atoms with Gasteiger partial charge in [0.05, 0.1) is 16.8 Å². The zero-order valence-electron chi connectivity index (χ0n) is 33.6. The normalized spacial score (nSPS) is 13.0. The summed E-state index contributed by atoms with van der Waals surface area (Å²) in [4.78, 5) is 10.8. The third-order valence-corrected chi connectivity index (χ3v) is 13.2. The Morgan fingerprint density at radius 3 is 1.44 bits per heavy atom. The minimum Gasteiger partial charge on any atom is -0.456 e. The predicted octanol–water partition coefficient (Wildman–Crippen LogP) is 15.1. The van der Waals surface area contributed by atoms with Gasteiger partial charge >= 0.3 is 0 Å². The molecule has 1 spiro atoms. The van der Waals surface area contributed by atoms with Crippen molar-refractivity contribution >= 4 is 21.9 Å². The lowest BCUT2D eigenvalue weighted by Crippen LogP contribution is -2.29. The van der Waals surface area contributed by atoms with E-state index in [4.69, 9.17) is 14.4 Å². The zero-order chi connectivity index (χ0) is 40.8. The summed E-state index contributed by atoms with van der Waals surface area (Å²) in [6.07, 6.45) is 0. The number of rotatable bonds is 4. The molecule has 3 nitrogen and oxygen atoms in total. The molecule has 62 heavy (non-hydrogen) atoms. The fourth-order valence-electron chi connectivity index (χ4n) is 10.4. The van der Waals surface area contributed by atoms with Gasteiger partial charge < -0.3 is 4.42 Å². The van der Waals surface area contributed by atoms with Crippen molar-refractivity contribution in [3.8, 4) is 78.4 Å². The van der Waals surface area contributed by atoms with Crippen molar-refractivity contribution in [1.29, 1.82) is 0 Å². The van der Waals surface area contributed by atoms with Crippen LogP contribution in [0.2, 0.25) is 0 Å². The lowest BCUT2D eigenvalue weighted by molar-refractivity contribution is 0.669. The summed E-state index contributed by atoms with van der Waals surface area (Å²) in [6, 6.07) is 78.8. The molecule has 9 aromatic carbocycles. The fourth-order valence-corrected chi connectivity index (χ4v) is 10.4. The summed E-state index contributed by atoms with van der Waals surface area (Å²) < 4.78 is 6.23. The second-order valence-corrected chi connectivity index (χ2v) is 16.4. The van der Waals surface area contributed by atoms with Crippen LogP contribution < -0.4 is 0 Å². The van der Waals surface area contributed by atoms with E-state index in [-0.39, 0.29) is 0 Å². The highest BCUT2D eigenvalue weighted by molar-refractivity contribution is 6.06. The van der Waals surface area contributed by atoms with Crippen LogP contribution in [0.25, 0.3) is 100 Å². The van der Waals surface area contributed by atoms with E-state index in [1.54, 1.807) is 0 Å². The molecule has 0 saturated heterocycles. The third-order valence-electron chi connectivity index (χ3n) is 13.2. The van der Waals surface area contributed by atoms with E-state index in [0.717, 1.165) is 55.6 Å². The molecule has 0 bridgehead atoms. The van der Waals surface area contributed by atoms with Crippen LogP contribution >= 0.6 is 0 Å². The van der Waals surface area contributed by atoms with Crippen LogP contribution in [-0.2, 0) is 5.41 Å². The Kier molecular flexibility index (Phi) is 7.52. The van der Waals surface area contributed by atoms with Crippen molar-refractivity contribution in [2.75, 3.05) is 0 Å². The highest BCUT2D eigenvalue weighted by Crippen LogP contribution is 2.61. The van der Waals surface area contributed by atoms with Crippen LogP contribution in [0.5, 0.6) is 0 Å². The minimum absolute atomic E-state index is 0.548. The average Bonchev–Trinajstić information content (AvgIpc) is 3.84. The first-order valence-electron chi connectivity index (χ1n) is 21.2. The molecule has 0 atom stereocenters. The van der Waals surface area contributed by atoms with Gasteiger partial charge in [-0.15, -0.1) is 0 Å². The Balaban J connectivity index is 1.03. The van der Waals surface area contributed by atoms with Crippen LogP contribution in [0, 0.1) is 0 Å². The van der Waals surface area contributed by atoms with Crippen molar-refractivity contribution in [2.45, 2.75) is 5.41 Å². The molecule has 0 radical (unpaired) electrons. The van der Waals surface area contributed by atoms with Crippen LogP contribution in [0.4, 0.5) is 0 Å². The molecule has 0 unspecified atom stereocenters. The van der Waals surface area contributed by atoms with Crippen LogP contribution in [0.3, 0.4) is 0 Å². The van der Waals surface area contributed by atoms with Crippen LogP contribution in [0.1, 0.15) is 22.3 Å². The Morgan fingerprint density at radius 1 is 0.290 bits per heavy atom. The lowest BCUT2D eigenvalue weighted by atomic mass is 9.66. The largest absolute Gasteiger partial charge is 0.456 e. The monoisotopic (exact) mass is 788 g/mol. The first-order valence-corrected chi connectivity index (χ1v) is 21.2. The standard InChI is InChI=1S/C59H36N2O/c1-2-14-37(15-3-1)38-26-28-39(29-27-38)54-36-55(40-31-33-57-49(34-40)47-21-9-13-25-56(47)62-57)61-58(60-54)41-30-32-53-48(35-41)46-20-8-12-24-52(46)59(53)50-22-10-6-18-44(50)42-16-4-5-17-43(42)45-19-7-11-23-51(45)59/h1-36H. The smallest absolute Gasteiger partial charge is 0.160 e. The minimum atomic E-state index is -0.548. The SMILES string of the molecule is c1ccc(-c2ccc(-c3cc(-c4ccc5oc6ccccc6c5c4)nc(-c4ccc5c(c4)-c4ccccc4C54c5ccccc5-c5ccccc5-c5ccccc54)n3)cc2)cc1. The van der Waals surface area contributed by atoms with E-state index in [9.17, 15) is 0 Å². The molecular weight excluding hydrogens is 753 g/mol. The van der Waals surface area contributed by atoms with E-state index in [1.165, 1.54) is 61.2 Å². The molecule has 2 aliphatic carbocycles. The number of fused-ring (bicyclic) bond motifs is 15. The van der Waals surface area contributed by atoms with E-state index in [2.05, 4.69) is 206 Å². The Bertz CT molecular complexity index is 3510. The van der Waals surface area contributed by atoms with E-state index in [0.29, 0.717) is 5.82 Å². The lowest BCUT2D eigenvalue weighted by Gasteiger charge is -2.35. The molecule has 13 rings (SSSR count). The molecule has 288 valence electrons. The molecule has 11 aromatic rings. The number of hydrogen-bond donors (Lipinski definition) is 0. The molecule has 0 amide bonds. The molecule has 0 saturated carbocycles. The molecule has 2 aromatic heterocycles. The van der Waals surface area contributed by atoms with Crippen molar-refractivity contribution in [3.05, 3.63) is 241 Å².